The number of carbonyl (C=O) groups excluding carboxylic acids is 4. The number of aromatic hydroxyl groups is 2. The van der Waals surface area contributed by atoms with E-state index in [9.17, 15) is 34.5 Å². The molecule has 0 saturated heterocycles. The van der Waals surface area contributed by atoms with E-state index < -0.39 is 35.2 Å². The van der Waals surface area contributed by atoms with Crippen LogP contribution in [0.5, 0.6) is 11.5 Å². The Morgan fingerprint density at radius 2 is 1.27 bits per heavy atom. The number of hydrogen-bond acceptors (Lipinski definition) is 9. The second kappa shape index (κ2) is 20.3. The zero-order chi connectivity index (χ0) is 41.1. The number of aliphatic hydroxyl groups excluding tert-OH is 1. The van der Waals surface area contributed by atoms with E-state index in [0.717, 1.165) is 74.5 Å². The molecule has 55 heavy (non-hydrogen) atoms. The molecular weight excluding hydrogens is 696 g/mol. The van der Waals surface area contributed by atoms with Crippen molar-refractivity contribution in [2.75, 3.05) is 14.2 Å². The minimum Gasteiger partial charge on any atom is -0.507 e. The Bertz CT molecular complexity index is 1800. The van der Waals surface area contributed by atoms with Crippen LogP contribution in [0.1, 0.15) is 140 Å². The van der Waals surface area contributed by atoms with Crippen LogP contribution in [-0.2, 0) is 30.3 Å². The average Bonchev–Trinajstić information content (AvgIpc) is 3.13. The summed E-state index contributed by atoms with van der Waals surface area (Å²) < 4.78 is 9.75. The minimum atomic E-state index is -0.786. The van der Waals surface area contributed by atoms with Gasteiger partial charge in [-0.2, -0.15) is 0 Å². The van der Waals surface area contributed by atoms with Crippen LogP contribution in [-0.4, -0.2) is 53.0 Å². The van der Waals surface area contributed by atoms with Gasteiger partial charge in [0.05, 0.1) is 19.8 Å². The second-order valence-corrected chi connectivity index (χ2v) is 15.4. The van der Waals surface area contributed by atoms with Crippen molar-refractivity contribution >= 4 is 23.5 Å². The van der Waals surface area contributed by atoms with E-state index in [2.05, 4.69) is 33.1 Å². The third-order valence-electron chi connectivity index (χ3n) is 11.2. The summed E-state index contributed by atoms with van der Waals surface area (Å²) in [5, 5.41) is 32.8. The standard InChI is InChI=1S/C23H30O5.C23H32O4/c1-6-7-8-9-16-19(23(27)28-5)21(25)18(22(26)20(16)24)17-12-14(4)10-11-15(17)13(2)3;1-6-7-8-9-16-13-19(24)21(22(25)20(16)23(26)27-5)18-12-15(4)10-11-17(18)14(2)3/h12,15,17,25H,2,6-11H2,1,3-5H3;12-13,17-18,24-25H,2,6-11H2,1,3-5H3/t15-,17+;17-,18+/m00/s1. The topological polar surface area (TPSA) is 147 Å². The van der Waals surface area contributed by atoms with Crippen molar-refractivity contribution in [3.05, 3.63) is 92.8 Å². The lowest BCUT2D eigenvalue weighted by molar-refractivity contribution is -0.137. The van der Waals surface area contributed by atoms with Crippen molar-refractivity contribution in [1.82, 2.24) is 0 Å². The molecule has 300 valence electrons. The average molecular weight is 759 g/mol. The number of carbonyl (C=O) groups is 4. The summed E-state index contributed by atoms with van der Waals surface area (Å²) in [6.45, 7) is 20.1. The third-order valence-corrected chi connectivity index (χ3v) is 11.2. The second-order valence-electron chi connectivity index (χ2n) is 15.4. The molecule has 1 aromatic rings. The summed E-state index contributed by atoms with van der Waals surface area (Å²) in [5.41, 5.74) is 5.31. The van der Waals surface area contributed by atoms with Crippen LogP contribution in [0.3, 0.4) is 0 Å². The van der Waals surface area contributed by atoms with Gasteiger partial charge in [-0.05, 0) is 103 Å². The van der Waals surface area contributed by atoms with Gasteiger partial charge in [-0.25, -0.2) is 9.59 Å². The monoisotopic (exact) mass is 758 g/mol. The van der Waals surface area contributed by atoms with E-state index >= 15 is 0 Å². The molecule has 4 rings (SSSR count). The summed E-state index contributed by atoms with van der Waals surface area (Å²) >= 11 is 0. The molecule has 0 bridgehead atoms. The predicted molar refractivity (Wildman–Crippen MR) is 216 cm³/mol. The number of unbranched alkanes of at least 4 members (excludes halogenated alkanes) is 4. The van der Waals surface area contributed by atoms with Gasteiger partial charge in [-0.3, -0.25) is 9.59 Å². The highest BCUT2D eigenvalue weighted by Gasteiger charge is 2.43. The first-order valence-electron chi connectivity index (χ1n) is 19.7. The first-order valence-corrected chi connectivity index (χ1v) is 19.7. The van der Waals surface area contributed by atoms with E-state index in [0.29, 0.717) is 24.0 Å². The maximum absolute atomic E-state index is 13.0. The molecule has 0 amide bonds. The largest absolute Gasteiger partial charge is 0.507 e. The zero-order valence-electron chi connectivity index (χ0n) is 34.2. The lowest BCUT2D eigenvalue weighted by Crippen LogP contribution is -2.35. The molecule has 1 aromatic carbocycles. The number of methoxy groups -OCH3 is 2. The van der Waals surface area contributed by atoms with E-state index in [4.69, 9.17) is 9.47 Å². The van der Waals surface area contributed by atoms with Gasteiger partial charge in [0.15, 0.2) is 0 Å². The highest BCUT2D eigenvalue weighted by molar-refractivity contribution is 6.51. The molecule has 0 aliphatic heterocycles. The summed E-state index contributed by atoms with van der Waals surface area (Å²) in [7, 11) is 2.51. The molecule has 0 spiro atoms. The van der Waals surface area contributed by atoms with E-state index in [1.165, 1.54) is 19.8 Å². The number of Topliss-reactive ketones (excluding diaryl/α,β-unsaturated/α-hetero) is 2. The van der Waals surface area contributed by atoms with Crippen LogP contribution in [0.15, 0.2) is 76.1 Å². The number of esters is 2. The van der Waals surface area contributed by atoms with Crippen LogP contribution in [0.2, 0.25) is 0 Å². The van der Waals surface area contributed by atoms with Gasteiger partial charge in [-0.15, -0.1) is 0 Å². The van der Waals surface area contributed by atoms with Gasteiger partial charge < -0.3 is 24.8 Å². The van der Waals surface area contributed by atoms with Crippen LogP contribution in [0.25, 0.3) is 0 Å². The molecule has 3 aliphatic rings. The fourth-order valence-corrected chi connectivity index (χ4v) is 8.14. The van der Waals surface area contributed by atoms with Crippen molar-refractivity contribution in [3.63, 3.8) is 0 Å². The lowest BCUT2D eigenvalue weighted by Gasteiger charge is -2.33. The Morgan fingerprint density at radius 3 is 1.78 bits per heavy atom. The maximum Gasteiger partial charge on any atom is 0.342 e. The number of phenols is 2. The van der Waals surface area contributed by atoms with Gasteiger partial charge >= 0.3 is 11.9 Å². The molecule has 0 aromatic heterocycles. The van der Waals surface area contributed by atoms with Crippen LogP contribution in [0.4, 0.5) is 0 Å². The Kier molecular flexibility index (Phi) is 16.5. The molecule has 3 N–H and O–H groups in total. The van der Waals surface area contributed by atoms with Gasteiger partial charge in [0.2, 0.25) is 11.6 Å². The highest BCUT2D eigenvalue weighted by atomic mass is 16.5. The van der Waals surface area contributed by atoms with Crippen molar-refractivity contribution in [3.8, 4) is 11.5 Å². The van der Waals surface area contributed by atoms with Gasteiger partial charge in [0.25, 0.3) is 0 Å². The van der Waals surface area contributed by atoms with Gasteiger partial charge in [-0.1, -0.05) is 87.1 Å². The number of rotatable bonds is 14. The lowest BCUT2D eigenvalue weighted by atomic mass is 9.70. The Hall–Kier alpha value is -4.66. The molecule has 0 unspecified atom stereocenters. The molecule has 0 heterocycles. The van der Waals surface area contributed by atoms with Gasteiger partial charge in [0, 0.05) is 23.0 Å². The van der Waals surface area contributed by atoms with Crippen molar-refractivity contribution in [1.29, 1.82) is 0 Å². The number of aliphatic hydroxyl groups is 1. The minimum absolute atomic E-state index is 0.00306. The van der Waals surface area contributed by atoms with E-state index in [-0.39, 0.29) is 58.0 Å². The van der Waals surface area contributed by atoms with Crippen LogP contribution < -0.4 is 0 Å². The SMILES string of the molecule is C=C(C)[C@@H]1CCC(C)=C[C@H]1C1=C(O)C(C(=O)OC)=C(CCCCC)C(=O)C1=O.C=C(C)[C@@H]1CCC(C)=C[C@H]1c1c(O)cc(CCCCC)c(C(=O)OC)c1O. The number of benzene rings is 1. The Morgan fingerprint density at radius 1 is 0.764 bits per heavy atom. The highest BCUT2D eigenvalue weighted by Crippen LogP contribution is 2.48. The molecule has 0 fully saturated rings. The predicted octanol–water partition coefficient (Wildman–Crippen LogP) is 10.2. The maximum atomic E-state index is 13.0. The number of allylic oxidation sites excluding steroid dienone is 8. The number of ketones is 2. The summed E-state index contributed by atoms with van der Waals surface area (Å²) in [5.74, 6) is -3.95. The van der Waals surface area contributed by atoms with Crippen molar-refractivity contribution in [2.24, 2.45) is 17.8 Å². The fraction of sp³-hybridized carbons (Fsp3) is 0.522. The third kappa shape index (κ3) is 10.4. The smallest absolute Gasteiger partial charge is 0.342 e. The molecule has 9 nitrogen and oxygen atoms in total. The van der Waals surface area contributed by atoms with Gasteiger partial charge in [0.1, 0.15) is 28.4 Å². The number of phenolic OH excluding ortho intramolecular Hbond substituents is 2. The first kappa shape index (κ1) is 44.7. The quantitative estimate of drug-likeness (QED) is 0.0554. The summed E-state index contributed by atoms with van der Waals surface area (Å²) in [6.07, 6.45) is 13.8. The molecule has 0 saturated carbocycles. The fourth-order valence-electron chi connectivity index (χ4n) is 8.14. The number of hydrogen-bond donors (Lipinski definition) is 3. The van der Waals surface area contributed by atoms with Crippen LogP contribution >= 0.6 is 0 Å². The molecular formula is C46H62O9. The number of aryl methyl sites for hydroxylation is 1. The van der Waals surface area contributed by atoms with Crippen molar-refractivity contribution in [2.45, 2.75) is 125 Å². The summed E-state index contributed by atoms with van der Waals surface area (Å²) in [4.78, 5) is 50.7. The zero-order valence-corrected chi connectivity index (χ0v) is 34.2. The number of ether oxygens (including phenoxy) is 2. The Balaban J connectivity index is 0.000000296. The van der Waals surface area contributed by atoms with E-state index in [1.807, 2.05) is 33.8 Å². The molecule has 4 atom stereocenters. The Labute approximate surface area is 327 Å². The molecule has 9 heteroatoms. The van der Waals surface area contributed by atoms with E-state index in [1.54, 1.807) is 6.07 Å². The van der Waals surface area contributed by atoms with Crippen molar-refractivity contribution < 1.29 is 44.0 Å². The molecule has 3 aliphatic carbocycles. The summed E-state index contributed by atoms with van der Waals surface area (Å²) in [6, 6.07) is 1.63. The van der Waals surface area contributed by atoms with Crippen LogP contribution in [0, 0.1) is 17.8 Å². The first-order chi connectivity index (χ1) is 26.0. The normalized spacial score (nSPS) is 21.3. The molecule has 0 radical (unpaired) electrons.